The first-order valence-electron chi connectivity index (χ1n) is 6.95. The Bertz CT molecular complexity index is 601. The molecule has 3 rings (SSSR count). The van der Waals surface area contributed by atoms with Gasteiger partial charge in [-0.3, -0.25) is 0 Å². The molecule has 1 saturated heterocycles. The van der Waals surface area contributed by atoms with Gasteiger partial charge in [0.1, 0.15) is 0 Å². The standard InChI is InChI=1S/C15H19N3O3/c1-10-6-11(14-18-16-9-19-14)4-5-13(10)17-12-7-20-15(2,3)21-8-12/h4-6,9,12,17H,7-8H2,1-3H3. The number of nitrogens with one attached hydrogen (secondary N) is 1. The zero-order chi connectivity index (χ0) is 14.9. The molecule has 0 spiro atoms. The minimum Gasteiger partial charge on any atom is -0.423 e. The number of aryl methyl sites for hydroxylation is 1. The average Bonchev–Trinajstić information content (AvgIpc) is 2.97. The van der Waals surface area contributed by atoms with E-state index in [-0.39, 0.29) is 6.04 Å². The van der Waals surface area contributed by atoms with Crippen molar-refractivity contribution in [1.29, 1.82) is 0 Å². The molecule has 1 N–H and O–H groups in total. The number of aromatic nitrogens is 2. The van der Waals surface area contributed by atoms with Gasteiger partial charge in [-0.2, -0.15) is 0 Å². The van der Waals surface area contributed by atoms with Crippen molar-refractivity contribution < 1.29 is 13.9 Å². The van der Waals surface area contributed by atoms with Crippen LogP contribution in [0.2, 0.25) is 0 Å². The van der Waals surface area contributed by atoms with Crippen LogP contribution in [-0.2, 0) is 9.47 Å². The Morgan fingerprint density at radius 3 is 2.62 bits per heavy atom. The summed E-state index contributed by atoms with van der Waals surface area (Å²) in [6.45, 7) is 7.13. The van der Waals surface area contributed by atoms with Gasteiger partial charge < -0.3 is 19.2 Å². The molecule has 0 saturated carbocycles. The number of anilines is 1. The Kier molecular flexibility index (Phi) is 3.65. The summed E-state index contributed by atoms with van der Waals surface area (Å²) in [5, 5.41) is 11.0. The van der Waals surface area contributed by atoms with Crippen LogP contribution in [0.25, 0.3) is 11.5 Å². The fraction of sp³-hybridized carbons (Fsp3) is 0.467. The highest BCUT2D eigenvalue weighted by atomic mass is 16.7. The Hall–Kier alpha value is -1.92. The third-order valence-electron chi connectivity index (χ3n) is 3.46. The van der Waals surface area contributed by atoms with Crippen LogP contribution >= 0.6 is 0 Å². The summed E-state index contributed by atoms with van der Waals surface area (Å²) < 4.78 is 16.5. The number of rotatable bonds is 3. The van der Waals surface area contributed by atoms with Crippen molar-refractivity contribution in [3.63, 3.8) is 0 Å². The van der Waals surface area contributed by atoms with Crippen LogP contribution in [0, 0.1) is 6.92 Å². The van der Waals surface area contributed by atoms with Crippen LogP contribution in [-0.4, -0.2) is 35.2 Å². The van der Waals surface area contributed by atoms with Crippen LogP contribution in [0.4, 0.5) is 5.69 Å². The largest absolute Gasteiger partial charge is 0.423 e. The van der Waals surface area contributed by atoms with E-state index in [0.29, 0.717) is 19.1 Å². The first kappa shape index (κ1) is 14.0. The second-order valence-electron chi connectivity index (χ2n) is 5.64. The van der Waals surface area contributed by atoms with Gasteiger partial charge >= 0.3 is 0 Å². The van der Waals surface area contributed by atoms with E-state index in [1.54, 1.807) is 0 Å². The highest BCUT2D eigenvalue weighted by Gasteiger charge is 2.28. The Morgan fingerprint density at radius 1 is 1.24 bits per heavy atom. The van der Waals surface area contributed by atoms with Crippen molar-refractivity contribution in [1.82, 2.24) is 10.2 Å². The molecule has 6 nitrogen and oxygen atoms in total. The van der Waals surface area contributed by atoms with E-state index in [9.17, 15) is 0 Å². The molecule has 1 aromatic heterocycles. The smallest absolute Gasteiger partial charge is 0.247 e. The van der Waals surface area contributed by atoms with Gasteiger partial charge in [0, 0.05) is 11.3 Å². The fourth-order valence-corrected chi connectivity index (χ4v) is 2.25. The highest BCUT2D eigenvalue weighted by Crippen LogP contribution is 2.25. The molecule has 1 aliphatic rings. The third-order valence-corrected chi connectivity index (χ3v) is 3.46. The predicted octanol–water partition coefficient (Wildman–Crippen LogP) is 2.61. The summed E-state index contributed by atoms with van der Waals surface area (Å²) in [6.07, 6.45) is 1.33. The quantitative estimate of drug-likeness (QED) is 0.936. The number of benzene rings is 1. The average molecular weight is 289 g/mol. The van der Waals surface area contributed by atoms with Gasteiger partial charge in [-0.05, 0) is 44.5 Å². The molecule has 0 bridgehead atoms. The van der Waals surface area contributed by atoms with Gasteiger partial charge in [0.2, 0.25) is 12.3 Å². The normalized spacial score (nSPS) is 18.6. The molecule has 2 heterocycles. The Morgan fingerprint density at radius 2 is 2.00 bits per heavy atom. The topological polar surface area (TPSA) is 69.4 Å². The van der Waals surface area contributed by atoms with Crippen LogP contribution in [0.3, 0.4) is 0 Å². The molecule has 1 fully saturated rings. The van der Waals surface area contributed by atoms with Gasteiger partial charge in [0.25, 0.3) is 0 Å². The van der Waals surface area contributed by atoms with Crippen molar-refractivity contribution in [3.05, 3.63) is 30.2 Å². The summed E-state index contributed by atoms with van der Waals surface area (Å²) >= 11 is 0. The van der Waals surface area contributed by atoms with Gasteiger partial charge in [0.15, 0.2) is 5.79 Å². The zero-order valence-electron chi connectivity index (χ0n) is 12.4. The van der Waals surface area contributed by atoms with Crippen LogP contribution in [0.5, 0.6) is 0 Å². The lowest BCUT2D eigenvalue weighted by atomic mass is 10.1. The second-order valence-corrected chi connectivity index (χ2v) is 5.64. The third kappa shape index (κ3) is 3.22. The maximum absolute atomic E-state index is 5.65. The van der Waals surface area contributed by atoms with Crippen molar-refractivity contribution in [2.75, 3.05) is 18.5 Å². The Labute approximate surface area is 123 Å². The maximum Gasteiger partial charge on any atom is 0.247 e. The summed E-state index contributed by atoms with van der Waals surface area (Å²) in [5.41, 5.74) is 3.07. The highest BCUT2D eigenvalue weighted by molar-refractivity contribution is 5.62. The molecule has 1 aromatic carbocycles. The molecule has 0 radical (unpaired) electrons. The van der Waals surface area contributed by atoms with Crippen LogP contribution in [0.15, 0.2) is 29.0 Å². The summed E-state index contributed by atoms with van der Waals surface area (Å²) in [6, 6.07) is 6.13. The zero-order valence-corrected chi connectivity index (χ0v) is 12.4. The van der Waals surface area contributed by atoms with E-state index in [2.05, 4.69) is 15.5 Å². The van der Waals surface area contributed by atoms with E-state index in [4.69, 9.17) is 13.9 Å². The number of hydrogen-bond acceptors (Lipinski definition) is 6. The van der Waals surface area contributed by atoms with E-state index in [1.165, 1.54) is 6.39 Å². The lowest BCUT2D eigenvalue weighted by molar-refractivity contribution is -0.247. The molecule has 0 atom stereocenters. The van der Waals surface area contributed by atoms with Crippen molar-refractivity contribution in [2.45, 2.75) is 32.6 Å². The molecule has 2 aromatic rings. The van der Waals surface area contributed by atoms with Crippen LogP contribution < -0.4 is 5.32 Å². The van der Waals surface area contributed by atoms with Gasteiger partial charge in [0.05, 0.1) is 19.3 Å². The molecule has 21 heavy (non-hydrogen) atoms. The monoisotopic (exact) mass is 289 g/mol. The molecule has 6 heteroatoms. The van der Waals surface area contributed by atoms with Gasteiger partial charge in [-0.25, -0.2) is 0 Å². The van der Waals surface area contributed by atoms with Crippen molar-refractivity contribution >= 4 is 5.69 Å². The fourth-order valence-electron chi connectivity index (χ4n) is 2.25. The molecule has 112 valence electrons. The van der Waals surface area contributed by atoms with E-state index in [1.807, 2.05) is 39.0 Å². The predicted molar refractivity (Wildman–Crippen MR) is 77.9 cm³/mol. The number of ether oxygens (including phenoxy) is 2. The van der Waals surface area contributed by atoms with E-state index < -0.39 is 5.79 Å². The molecule has 0 amide bonds. The molecule has 0 aliphatic carbocycles. The van der Waals surface area contributed by atoms with Crippen molar-refractivity contribution in [2.24, 2.45) is 0 Å². The van der Waals surface area contributed by atoms with E-state index in [0.717, 1.165) is 16.8 Å². The molecular weight excluding hydrogens is 270 g/mol. The molecule has 0 unspecified atom stereocenters. The molecular formula is C15H19N3O3. The lowest BCUT2D eigenvalue weighted by Crippen LogP contribution is -2.45. The SMILES string of the molecule is Cc1cc(-c2nnco2)ccc1NC1COC(C)(C)OC1. The van der Waals surface area contributed by atoms with Crippen LogP contribution in [0.1, 0.15) is 19.4 Å². The van der Waals surface area contributed by atoms with Gasteiger partial charge in [-0.15, -0.1) is 10.2 Å². The second kappa shape index (κ2) is 5.46. The number of hydrogen-bond donors (Lipinski definition) is 1. The summed E-state index contributed by atoms with van der Waals surface area (Å²) in [7, 11) is 0. The minimum absolute atomic E-state index is 0.144. The van der Waals surface area contributed by atoms with E-state index >= 15 is 0 Å². The first-order valence-corrected chi connectivity index (χ1v) is 6.95. The van der Waals surface area contributed by atoms with Crippen molar-refractivity contribution in [3.8, 4) is 11.5 Å². The first-order chi connectivity index (χ1) is 10.0. The Balaban J connectivity index is 1.69. The van der Waals surface area contributed by atoms with Gasteiger partial charge in [-0.1, -0.05) is 0 Å². The lowest BCUT2D eigenvalue weighted by Gasteiger charge is -2.35. The summed E-state index contributed by atoms with van der Waals surface area (Å²) in [4.78, 5) is 0. The number of nitrogens with zero attached hydrogens (tertiary/aromatic N) is 2. The molecule has 1 aliphatic heterocycles. The minimum atomic E-state index is -0.491. The maximum atomic E-state index is 5.65. The summed E-state index contributed by atoms with van der Waals surface area (Å²) in [5.74, 6) is 0.0328.